The van der Waals surface area contributed by atoms with Gasteiger partial charge in [-0.1, -0.05) is 12.5 Å². The molecule has 0 radical (unpaired) electrons. The first-order valence-electron chi connectivity index (χ1n) is 12.0. The molecule has 3 N–H and O–H groups in total. The first-order chi connectivity index (χ1) is 17.3. The number of nitrogens with one attached hydrogen (secondary N) is 2. The zero-order chi connectivity index (χ0) is 26.2. The molecule has 0 spiro atoms. The minimum Gasteiger partial charge on any atom is -0.493 e. The van der Waals surface area contributed by atoms with Gasteiger partial charge in [-0.25, -0.2) is 0 Å². The molecule has 0 unspecified atom stereocenters. The van der Waals surface area contributed by atoms with Gasteiger partial charge in [0.1, 0.15) is 0 Å². The summed E-state index contributed by atoms with van der Waals surface area (Å²) in [6.45, 7) is 2.01. The Hall–Kier alpha value is -3.75. The lowest BCUT2D eigenvalue weighted by Crippen LogP contribution is -2.26. The average molecular weight is 499 g/mol. The van der Waals surface area contributed by atoms with Gasteiger partial charge in [0.15, 0.2) is 11.5 Å². The van der Waals surface area contributed by atoms with Crippen LogP contribution in [0.4, 0.5) is 5.69 Å². The van der Waals surface area contributed by atoms with Crippen molar-refractivity contribution in [3.05, 3.63) is 45.6 Å². The minimum atomic E-state index is -0.805. The Kier molecular flexibility index (Phi) is 9.16. The van der Waals surface area contributed by atoms with Crippen LogP contribution in [0.15, 0.2) is 29.1 Å². The number of hydrogen-bond donors (Lipinski definition) is 3. The molecule has 3 rings (SSSR count). The van der Waals surface area contributed by atoms with E-state index in [0.29, 0.717) is 54.3 Å². The van der Waals surface area contributed by atoms with Crippen LogP contribution in [-0.2, 0) is 16.0 Å². The number of unbranched alkanes of at least 4 members (excludes halogenated alkanes) is 2. The van der Waals surface area contributed by atoms with E-state index >= 15 is 0 Å². The lowest BCUT2D eigenvalue weighted by Gasteiger charge is -2.19. The highest BCUT2D eigenvalue weighted by atomic mass is 16.5. The molecule has 1 aliphatic rings. The smallest absolute Gasteiger partial charge is 0.303 e. The van der Waals surface area contributed by atoms with Crippen LogP contribution in [-0.4, -0.2) is 44.9 Å². The van der Waals surface area contributed by atoms with Crippen LogP contribution in [0.3, 0.4) is 0 Å². The third kappa shape index (κ3) is 6.08. The summed E-state index contributed by atoms with van der Waals surface area (Å²) in [5.41, 5.74) is 3.47. The molecule has 1 amide bonds. The van der Waals surface area contributed by atoms with Crippen molar-refractivity contribution >= 4 is 17.6 Å². The number of carbonyl (C=O) groups excluding carboxylic acids is 1. The van der Waals surface area contributed by atoms with Gasteiger partial charge in [0.2, 0.25) is 17.1 Å². The van der Waals surface area contributed by atoms with Crippen molar-refractivity contribution in [2.24, 2.45) is 0 Å². The summed E-state index contributed by atoms with van der Waals surface area (Å²) < 4.78 is 16.9. The Morgan fingerprint density at radius 3 is 2.42 bits per heavy atom. The van der Waals surface area contributed by atoms with Gasteiger partial charge in [0, 0.05) is 25.5 Å². The fourth-order valence-electron chi connectivity index (χ4n) is 4.65. The molecule has 0 saturated carbocycles. The molecule has 1 aliphatic carbocycles. The predicted octanol–water partition coefficient (Wildman–Crippen LogP) is 3.92. The van der Waals surface area contributed by atoms with Crippen molar-refractivity contribution in [2.45, 2.75) is 51.5 Å². The Morgan fingerprint density at radius 2 is 1.78 bits per heavy atom. The fourth-order valence-corrected chi connectivity index (χ4v) is 4.65. The Morgan fingerprint density at radius 1 is 1.03 bits per heavy atom. The van der Waals surface area contributed by atoms with E-state index in [2.05, 4.69) is 10.6 Å². The highest BCUT2D eigenvalue weighted by Crippen LogP contribution is 2.50. The van der Waals surface area contributed by atoms with Crippen molar-refractivity contribution in [1.29, 1.82) is 0 Å². The number of aliphatic carboxylic acids is 1. The number of carboxylic acids is 1. The van der Waals surface area contributed by atoms with Crippen LogP contribution in [0.5, 0.6) is 17.2 Å². The highest BCUT2D eigenvalue weighted by molar-refractivity contribution is 5.83. The molecule has 194 valence electrons. The zero-order valence-electron chi connectivity index (χ0n) is 21.2. The minimum absolute atomic E-state index is 0.139. The molecule has 0 heterocycles. The van der Waals surface area contributed by atoms with Gasteiger partial charge in [0.25, 0.3) is 0 Å². The largest absolute Gasteiger partial charge is 0.493 e. The highest BCUT2D eigenvalue weighted by Gasteiger charge is 2.29. The number of methoxy groups -OCH3 is 3. The van der Waals surface area contributed by atoms with Crippen LogP contribution >= 0.6 is 0 Å². The van der Waals surface area contributed by atoms with Crippen LogP contribution in [0.1, 0.15) is 56.2 Å². The monoisotopic (exact) mass is 498 g/mol. The summed E-state index contributed by atoms with van der Waals surface area (Å²) in [4.78, 5) is 35.9. The Balaban J connectivity index is 2.08. The number of amides is 1. The molecule has 0 fully saturated rings. The van der Waals surface area contributed by atoms with Crippen molar-refractivity contribution in [3.8, 4) is 28.4 Å². The SMILES string of the molecule is COc1cc2c(c(OC)c1OC)-c1ccc(NCCCCCC(=O)O)c(=O)cc1[C@H](NC(C)=O)CC2. The maximum Gasteiger partial charge on any atom is 0.303 e. The maximum absolute atomic E-state index is 13.2. The Labute approximate surface area is 210 Å². The maximum atomic E-state index is 13.2. The number of hydrogen-bond acceptors (Lipinski definition) is 7. The standard InChI is InChI=1S/C27H34N2O7/c1-16(30)29-20-11-9-17-14-23(34-2)26(35-3)27(36-4)25(17)18-10-12-21(22(31)15-19(18)20)28-13-7-5-6-8-24(32)33/h10,12,14-15,20H,5-9,11,13H2,1-4H3,(H,28,31)(H,29,30)(H,32,33)/t20-/m1/s1. The third-order valence-electron chi connectivity index (χ3n) is 6.30. The summed E-state index contributed by atoms with van der Waals surface area (Å²) in [6, 6.07) is 6.74. The van der Waals surface area contributed by atoms with Gasteiger partial charge in [0.05, 0.1) is 33.1 Å². The van der Waals surface area contributed by atoms with Crippen molar-refractivity contribution in [2.75, 3.05) is 33.2 Å². The van der Waals surface area contributed by atoms with Crippen LogP contribution in [0, 0.1) is 0 Å². The van der Waals surface area contributed by atoms with Gasteiger partial charge < -0.3 is 30.0 Å². The molecule has 0 bridgehead atoms. The van der Waals surface area contributed by atoms with Crippen LogP contribution in [0.25, 0.3) is 11.1 Å². The number of carbonyl (C=O) groups is 2. The molecular formula is C27H34N2O7. The number of rotatable bonds is 11. The quantitative estimate of drug-likeness (QED) is 0.399. The van der Waals surface area contributed by atoms with Crippen molar-refractivity contribution in [1.82, 2.24) is 5.32 Å². The van der Waals surface area contributed by atoms with Crippen molar-refractivity contribution in [3.63, 3.8) is 0 Å². The zero-order valence-corrected chi connectivity index (χ0v) is 21.2. The summed E-state index contributed by atoms with van der Waals surface area (Å²) in [6.07, 6.45) is 3.45. The van der Waals surface area contributed by atoms with E-state index in [1.807, 2.05) is 12.1 Å². The number of aryl methyl sites for hydroxylation is 1. The summed E-state index contributed by atoms with van der Waals surface area (Å²) in [7, 11) is 4.67. The Bertz CT molecular complexity index is 1180. The molecule has 2 aromatic carbocycles. The lowest BCUT2D eigenvalue weighted by molar-refractivity contribution is -0.137. The topological polar surface area (TPSA) is 123 Å². The van der Waals surface area contributed by atoms with E-state index in [4.69, 9.17) is 19.3 Å². The first kappa shape index (κ1) is 26.8. The van der Waals surface area contributed by atoms with E-state index in [1.165, 1.54) is 6.92 Å². The second kappa shape index (κ2) is 12.3. The summed E-state index contributed by atoms with van der Waals surface area (Å²) in [5.74, 6) is 0.514. The van der Waals surface area contributed by atoms with E-state index in [9.17, 15) is 14.4 Å². The molecule has 0 aliphatic heterocycles. The van der Waals surface area contributed by atoms with Crippen LogP contribution in [0.2, 0.25) is 0 Å². The summed E-state index contributed by atoms with van der Waals surface area (Å²) in [5, 5.41) is 15.0. The molecule has 9 heteroatoms. The summed E-state index contributed by atoms with van der Waals surface area (Å²) >= 11 is 0. The lowest BCUT2D eigenvalue weighted by atomic mass is 9.95. The molecule has 2 aromatic rings. The molecule has 36 heavy (non-hydrogen) atoms. The molecule has 9 nitrogen and oxygen atoms in total. The second-order valence-corrected chi connectivity index (χ2v) is 8.73. The normalized spacial score (nSPS) is 14.1. The van der Waals surface area contributed by atoms with Gasteiger partial charge in [-0.3, -0.25) is 14.4 Å². The first-order valence-corrected chi connectivity index (χ1v) is 12.0. The van der Waals surface area contributed by atoms with Gasteiger partial charge >= 0.3 is 5.97 Å². The second-order valence-electron chi connectivity index (χ2n) is 8.73. The number of benzene rings is 1. The number of fused-ring (bicyclic) bond motifs is 3. The van der Waals surface area contributed by atoms with E-state index in [1.54, 1.807) is 33.5 Å². The van der Waals surface area contributed by atoms with E-state index in [-0.39, 0.29) is 23.8 Å². The average Bonchev–Trinajstić information content (AvgIpc) is 3.08. The third-order valence-corrected chi connectivity index (χ3v) is 6.30. The van der Waals surface area contributed by atoms with Gasteiger partial charge in [-0.2, -0.15) is 0 Å². The molecular weight excluding hydrogens is 464 g/mol. The molecule has 1 atom stereocenters. The van der Waals surface area contributed by atoms with Crippen molar-refractivity contribution < 1.29 is 28.9 Å². The van der Waals surface area contributed by atoms with E-state index in [0.717, 1.165) is 29.5 Å². The van der Waals surface area contributed by atoms with E-state index < -0.39 is 5.97 Å². The van der Waals surface area contributed by atoms with Gasteiger partial charge in [-0.05, 0) is 60.6 Å². The van der Waals surface area contributed by atoms with Crippen LogP contribution < -0.4 is 30.3 Å². The number of ether oxygens (including phenoxy) is 3. The fraction of sp³-hybridized carbons (Fsp3) is 0.444. The molecule has 0 aromatic heterocycles. The number of anilines is 1. The predicted molar refractivity (Wildman–Crippen MR) is 137 cm³/mol. The number of carboxylic acid groups (broad SMARTS) is 1. The molecule has 0 saturated heterocycles. The van der Waals surface area contributed by atoms with Gasteiger partial charge in [-0.15, -0.1) is 0 Å².